The molecule has 0 aliphatic carbocycles. The van der Waals surface area contributed by atoms with Crippen molar-refractivity contribution in [3.63, 3.8) is 0 Å². The minimum Gasteiger partial charge on any atom is -0.301 e. The molecule has 17 heteroatoms. The first-order valence-electron chi connectivity index (χ1n) is 17.7. The van der Waals surface area contributed by atoms with E-state index in [1.54, 1.807) is 0 Å². The van der Waals surface area contributed by atoms with Crippen LogP contribution in [0.2, 0.25) is 10.0 Å². The largest absolute Gasteiger partial charge is 0.301 e. The molecule has 0 radical (unpaired) electrons. The van der Waals surface area contributed by atoms with Crippen molar-refractivity contribution in [3.05, 3.63) is 105 Å². The topological polar surface area (TPSA) is 156 Å². The maximum Gasteiger partial charge on any atom is 0.247 e. The number of carbonyl (C=O) groups excluding carboxylic acids is 2. The van der Waals surface area contributed by atoms with Crippen molar-refractivity contribution in [2.45, 2.75) is 79.7 Å². The number of sulfone groups is 2. The summed E-state index contributed by atoms with van der Waals surface area (Å²) in [5, 5.41) is 8.88. The quantitative estimate of drug-likeness (QED) is 0.132. The zero-order valence-electron chi connectivity index (χ0n) is 31.5. The second-order valence-corrected chi connectivity index (χ2v) is 22.0. The Hall–Kier alpha value is -3.70. The predicted octanol–water partition coefficient (Wildman–Crippen LogP) is 8.94. The third kappa shape index (κ3) is 9.87. The lowest BCUT2D eigenvalue weighted by Crippen LogP contribution is -2.44. The van der Waals surface area contributed by atoms with Gasteiger partial charge >= 0.3 is 0 Å². The van der Waals surface area contributed by atoms with Gasteiger partial charge in [0.05, 0.1) is 21.2 Å². The fourth-order valence-corrected chi connectivity index (χ4v) is 10.2. The van der Waals surface area contributed by atoms with Crippen LogP contribution in [0.15, 0.2) is 94.0 Å². The highest BCUT2D eigenvalue weighted by Gasteiger charge is 2.44. The lowest BCUT2D eigenvalue weighted by atomic mass is 10.1. The van der Waals surface area contributed by atoms with Crippen molar-refractivity contribution >= 4 is 87.6 Å². The van der Waals surface area contributed by atoms with Crippen molar-refractivity contribution in [1.29, 1.82) is 0 Å². The number of hydrogen-bond acceptors (Lipinski definition) is 11. The highest BCUT2D eigenvalue weighted by Crippen LogP contribution is 2.33. The summed E-state index contributed by atoms with van der Waals surface area (Å²) < 4.78 is 48.5. The number of likely N-dealkylation sites (tertiary alicyclic amines) is 1. The van der Waals surface area contributed by atoms with Crippen LogP contribution in [0.4, 0.5) is 10.3 Å². The van der Waals surface area contributed by atoms with Crippen LogP contribution in [0.5, 0.6) is 0 Å². The molecule has 0 saturated carbocycles. The molecule has 6 rings (SSSR count). The van der Waals surface area contributed by atoms with Crippen LogP contribution in [0, 0.1) is 6.92 Å². The van der Waals surface area contributed by atoms with Crippen LogP contribution in [-0.2, 0) is 35.8 Å². The molecule has 1 fully saturated rings. The summed E-state index contributed by atoms with van der Waals surface area (Å²) >= 11 is 14.3. The predicted molar refractivity (Wildman–Crippen MR) is 226 cm³/mol. The molecule has 0 bridgehead atoms. The van der Waals surface area contributed by atoms with Crippen LogP contribution in [0.25, 0.3) is 11.3 Å². The molecule has 1 saturated heterocycles. The van der Waals surface area contributed by atoms with Crippen LogP contribution >= 0.6 is 45.9 Å². The number of rotatable bonds is 11. The Bertz CT molecular complexity index is 2380. The molecule has 1 aliphatic rings. The van der Waals surface area contributed by atoms with Gasteiger partial charge in [-0.2, -0.15) is 0 Å². The van der Waals surface area contributed by atoms with Crippen molar-refractivity contribution in [3.8, 4) is 11.3 Å². The van der Waals surface area contributed by atoms with Crippen LogP contribution in [0.3, 0.4) is 0 Å². The first-order valence-corrected chi connectivity index (χ1v) is 23.1. The molecule has 0 spiro atoms. The van der Waals surface area contributed by atoms with E-state index in [4.69, 9.17) is 23.2 Å². The normalized spacial score (nSPS) is 14.1. The molecule has 56 heavy (non-hydrogen) atoms. The Morgan fingerprint density at radius 1 is 0.714 bits per heavy atom. The number of amides is 2. The van der Waals surface area contributed by atoms with Gasteiger partial charge in [-0.25, -0.2) is 26.8 Å². The van der Waals surface area contributed by atoms with Gasteiger partial charge in [0.15, 0.2) is 29.9 Å². The molecule has 2 N–H and O–H groups in total. The van der Waals surface area contributed by atoms with Crippen LogP contribution in [0.1, 0.15) is 57.5 Å². The molecule has 11 nitrogen and oxygen atoms in total. The highest BCUT2D eigenvalue weighted by atomic mass is 35.5. The maximum atomic E-state index is 13.0. The van der Waals surface area contributed by atoms with E-state index >= 15 is 0 Å². The highest BCUT2D eigenvalue weighted by molar-refractivity contribution is 7.94. The van der Waals surface area contributed by atoms with Gasteiger partial charge in [-0.1, -0.05) is 60.0 Å². The molecule has 3 heterocycles. The Morgan fingerprint density at radius 2 is 1.20 bits per heavy atom. The third-order valence-corrected chi connectivity index (χ3v) is 16.4. The van der Waals surface area contributed by atoms with Gasteiger partial charge in [0.2, 0.25) is 11.8 Å². The number of anilines is 2. The minimum atomic E-state index is -3.92. The smallest absolute Gasteiger partial charge is 0.247 e. The number of thiazole rings is 2. The summed E-state index contributed by atoms with van der Waals surface area (Å²) in [5.41, 5.74) is 2.59. The molecule has 1 aliphatic heterocycles. The number of piperidine rings is 1. The van der Waals surface area contributed by atoms with E-state index in [1.165, 1.54) is 118 Å². The maximum absolute atomic E-state index is 13.0. The van der Waals surface area contributed by atoms with Gasteiger partial charge in [0.25, 0.3) is 0 Å². The van der Waals surface area contributed by atoms with E-state index in [9.17, 15) is 26.4 Å². The zero-order chi connectivity index (χ0) is 40.9. The van der Waals surface area contributed by atoms with E-state index in [0.29, 0.717) is 20.3 Å². The lowest BCUT2D eigenvalue weighted by molar-refractivity contribution is -0.118. The second kappa shape index (κ2) is 17.8. The third-order valence-electron chi connectivity index (χ3n) is 9.36. The number of nitrogens with one attached hydrogen (secondary N) is 2. The summed E-state index contributed by atoms with van der Waals surface area (Å²) in [6.07, 6.45) is 3.67. The molecule has 3 aromatic carbocycles. The SMILES string of the molecule is CC(C)(C(=O)Nc1nc(CN2CCCCC2)cs1)S(=O)(=O)c1ccc(Cl)cc1.Cc1sc(NC(=O)C(C)(C)S(=O)(=O)c2ccc(Cl)cc2)nc1-c1ccccc1. The lowest BCUT2D eigenvalue weighted by Gasteiger charge is -2.25. The Labute approximate surface area is 346 Å². The van der Waals surface area contributed by atoms with E-state index in [0.717, 1.165) is 41.5 Å². The van der Waals surface area contributed by atoms with Gasteiger partial charge < -0.3 is 10.6 Å². The van der Waals surface area contributed by atoms with Crippen molar-refractivity contribution in [2.24, 2.45) is 0 Å². The molecule has 2 amide bonds. The molecular formula is C39H43Cl2N5O6S4. The van der Waals surface area contributed by atoms with Crippen molar-refractivity contribution in [1.82, 2.24) is 14.9 Å². The van der Waals surface area contributed by atoms with Crippen molar-refractivity contribution < 1.29 is 26.4 Å². The standard InChI is InChI=1S/C20H19ClN2O3S2.C19H24ClN3O3S2/c1-13-17(14-7-5-4-6-8-14)22-19(27-13)23-18(24)20(2,3)28(25,26)16-11-9-15(21)10-12-16;1-19(2,28(25,26)16-8-6-14(20)7-9-16)17(24)22-18-21-15(13-27-18)12-23-10-4-3-5-11-23/h4-12H,1-3H3,(H,22,23,24);6-9,13H,3-5,10-12H2,1-2H3,(H,21,22,24). The van der Waals surface area contributed by atoms with Crippen LogP contribution < -0.4 is 10.6 Å². The molecule has 298 valence electrons. The summed E-state index contributed by atoms with van der Waals surface area (Å²) in [5.74, 6) is -1.25. The van der Waals surface area contributed by atoms with Crippen LogP contribution in [-0.4, -0.2) is 66.1 Å². The molecule has 2 aromatic heterocycles. The summed E-state index contributed by atoms with van der Waals surface area (Å²) in [4.78, 5) is 37.9. The number of aromatic nitrogens is 2. The van der Waals surface area contributed by atoms with Gasteiger partial charge in [-0.3, -0.25) is 14.5 Å². The van der Waals surface area contributed by atoms with Gasteiger partial charge in [0, 0.05) is 32.4 Å². The summed E-state index contributed by atoms with van der Waals surface area (Å²) in [6.45, 7) is 10.3. The zero-order valence-corrected chi connectivity index (χ0v) is 36.3. The monoisotopic (exact) mass is 875 g/mol. The summed E-state index contributed by atoms with van der Waals surface area (Å²) in [7, 11) is -7.82. The first-order chi connectivity index (χ1) is 26.3. The molecular weight excluding hydrogens is 834 g/mol. The second-order valence-electron chi connectivity index (χ2n) is 14.1. The van der Waals surface area contributed by atoms with E-state index in [-0.39, 0.29) is 9.79 Å². The summed E-state index contributed by atoms with van der Waals surface area (Å²) in [6, 6.07) is 21.2. The number of nitrogens with zero attached hydrogens (tertiary/aromatic N) is 3. The number of benzene rings is 3. The van der Waals surface area contributed by atoms with E-state index < -0.39 is 41.0 Å². The Balaban J connectivity index is 0.000000214. The number of hydrogen-bond donors (Lipinski definition) is 2. The molecule has 0 atom stereocenters. The minimum absolute atomic E-state index is 0.0392. The first kappa shape index (κ1) is 43.4. The fraction of sp³-hybridized carbons (Fsp3) is 0.333. The van der Waals surface area contributed by atoms with Gasteiger partial charge in [0.1, 0.15) is 9.49 Å². The molecule has 0 unspecified atom stereocenters. The van der Waals surface area contributed by atoms with E-state index in [2.05, 4.69) is 25.5 Å². The van der Waals surface area contributed by atoms with Crippen molar-refractivity contribution in [2.75, 3.05) is 23.7 Å². The Morgan fingerprint density at radius 3 is 1.70 bits per heavy atom. The van der Waals surface area contributed by atoms with E-state index in [1.807, 2.05) is 42.6 Å². The fourth-order valence-electron chi connectivity index (χ4n) is 5.65. The van der Waals surface area contributed by atoms with Gasteiger partial charge in [-0.05, 0) is 109 Å². The number of carbonyl (C=O) groups is 2. The number of aryl methyl sites for hydroxylation is 1. The average molecular weight is 877 g/mol. The number of halogens is 2. The Kier molecular flexibility index (Phi) is 13.8. The van der Waals surface area contributed by atoms with Gasteiger partial charge in [-0.15, -0.1) is 22.7 Å². The average Bonchev–Trinajstić information content (AvgIpc) is 3.77. The molecule has 5 aromatic rings.